The molecule has 2 aromatic rings. The van der Waals surface area contributed by atoms with Crippen molar-refractivity contribution in [1.82, 2.24) is 4.72 Å². The van der Waals surface area contributed by atoms with Gasteiger partial charge in [-0.1, -0.05) is 19.1 Å². The first-order valence-corrected chi connectivity index (χ1v) is 11.3. The number of hydrogen-bond donors (Lipinski definition) is 2. The lowest BCUT2D eigenvalue weighted by Gasteiger charge is -2.20. The summed E-state index contributed by atoms with van der Waals surface area (Å²) in [6, 6.07) is 9.87. The van der Waals surface area contributed by atoms with Gasteiger partial charge in [-0.25, -0.2) is 13.1 Å². The molecule has 1 amide bonds. The predicted octanol–water partition coefficient (Wildman–Crippen LogP) is 3.79. The van der Waals surface area contributed by atoms with E-state index < -0.39 is 16.1 Å². The Hall–Kier alpha value is -2.58. The number of amides is 1. The van der Waals surface area contributed by atoms with Gasteiger partial charge in [0.05, 0.1) is 17.7 Å². The van der Waals surface area contributed by atoms with Crippen molar-refractivity contribution in [2.24, 2.45) is 0 Å². The van der Waals surface area contributed by atoms with Crippen LogP contribution in [0.2, 0.25) is 0 Å². The number of carbonyl (C=O) groups is 1. The van der Waals surface area contributed by atoms with Crippen LogP contribution < -0.4 is 19.5 Å². The van der Waals surface area contributed by atoms with E-state index in [1.807, 2.05) is 39.0 Å². The number of methoxy groups -OCH3 is 1. The minimum atomic E-state index is -3.72. The maximum Gasteiger partial charge on any atom is 0.265 e. The molecule has 0 unspecified atom stereocenters. The summed E-state index contributed by atoms with van der Waals surface area (Å²) in [5, 5.41) is 2.75. The van der Waals surface area contributed by atoms with Crippen molar-refractivity contribution in [3.05, 3.63) is 47.5 Å². The maximum atomic E-state index is 12.9. The minimum Gasteiger partial charge on any atom is -0.495 e. The fraction of sp³-hybridized carbons (Fsp3) is 0.409. The van der Waals surface area contributed by atoms with Crippen LogP contribution in [0, 0.1) is 13.8 Å². The second kappa shape index (κ2) is 9.95. The molecule has 2 N–H and O–H groups in total. The fourth-order valence-corrected chi connectivity index (χ4v) is 4.13. The first-order chi connectivity index (χ1) is 14.1. The van der Waals surface area contributed by atoms with Crippen LogP contribution in [0.3, 0.4) is 0 Å². The molecule has 0 heterocycles. The van der Waals surface area contributed by atoms with Crippen LogP contribution in [0.15, 0.2) is 41.3 Å². The number of carbonyl (C=O) groups excluding carboxylic acids is 1. The Labute approximate surface area is 178 Å². The number of sulfonamides is 1. The van der Waals surface area contributed by atoms with Gasteiger partial charge in [-0.05, 0) is 69.5 Å². The van der Waals surface area contributed by atoms with Crippen LogP contribution in [0.1, 0.15) is 38.3 Å². The summed E-state index contributed by atoms with van der Waals surface area (Å²) in [5.74, 6) is 0.609. The number of benzene rings is 2. The number of nitrogens with one attached hydrogen (secondary N) is 2. The Morgan fingerprint density at radius 3 is 2.37 bits per heavy atom. The number of ether oxygens (including phenoxy) is 2. The molecule has 0 radical (unpaired) electrons. The molecule has 0 spiro atoms. The zero-order chi connectivity index (χ0) is 22.5. The summed E-state index contributed by atoms with van der Waals surface area (Å²) in [6.07, 6.45) is -0.307. The lowest BCUT2D eigenvalue weighted by molar-refractivity contribution is -0.122. The standard InChI is InChI=1S/C22H30N2O5S/c1-7-19(29-21-12-15(4)8-9-16(21)5)22(25)23-18-13-17(10-11-20(18)28-6)30(26,27)24-14(2)3/h8-14,19,24H,7H2,1-6H3,(H,23,25)/t19-/m1/s1. The third-order valence-electron chi connectivity index (χ3n) is 4.41. The van der Waals surface area contributed by atoms with Crippen LogP contribution in [0.4, 0.5) is 5.69 Å². The number of rotatable bonds is 9. The van der Waals surface area contributed by atoms with Crippen molar-refractivity contribution in [3.63, 3.8) is 0 Å². The first-order valence-electron chi connectivity index (χ1n) is 9.82. The molecule has 8 heteroatoms. The zero-order valence-corrected chi connectivity index (χ0v) is 19.1. The van der Waals surface area contributed by atoms with E-state index in [2.05, 4.69) is 10.0 Å². The lowest BCUT2D eigenvalue weighted by atomic mass is 10.1. The topological polar surface area (TPSA) is 93.7 Å². The van der Waals surface area contributed by atoms with Gasteiger partial charge in [-0.3, -0.25) is 4.79 Å². The first kappa shape index (κ1) is 23.7. The molecule has 164 valence electrons. The smallest absolute Gasteiger partial charge is 0.265 e. The van der Waals surface area contributed by atoms with Gasteiger partial charge in [-0.15, -0.1) is 0 Å². The summed E-state index contributed by atoms with van der Waals surface area (Å²) in [4.78, 5) is 12.9. The van der Waals surface area contributed by atoms with Gasteiger partial charge >= 0.3 is 0 Å². The Kier molecular flexibility index (Phi) is 7.86. The molecule has 0 aliphatic carbocycles. The molecule has 7 nitrogen and oxygen atoms in total. The lowest BCUT2D eigenvalue weighted by Crippen LogP contribution is -2.33. The highest BCUT2D eigenvalue weighted by atomic mass is 32.2. The second-order valence-electron chi connectivity index (χ2n) is 7.41. The second-order valence-corrected chi connectivity index (χ2v) is 9.13. The van der Waals surface area contributed by atoms with Gasteiger partial charge in [0.25, 0.3) is 5.91 Å². The molecule has 2 aromatic carbocycles. The van der Waals surface area contributed by atoms with Crippen molar-refractivity contribution >= 4 is 21.6 Å². The van der Waals surface area contributed by atoms with E-state index in [1.54, 1.807) is 13.8 Å². The van der Waals surface area contributed by atoms with Gasteiger partial charge < -0.3 is 14.8 Å². The molecular weight excluding hydrogens is 404 g/mol. The Morgan fingerprint density at radius 2 is 1.77 bits per heavy atom. The van der Waals surface area contributed by atoms with Crippen molar-refractivity contribution in [1.29, 1.82) is 0 Å². The highest BCUT2D eigenvalue weighted by Gasteiger charge is 2.23. The molecule has 0 saturated carbocycles. The SMILES string of the molecule is CC[C@@H](Oc1cc(C)ccc1C)C(=O)Nc1cc(S(=O)(=O)NC(C)C)ccc1OC. The highest BCUT2D eigenvalue weighted by Crippen LogP contribution is 2.28. The van der Waals surface area contributed by atoms with Gasteiger partial charge in [-0.2, -0.15) is 0 Å². The van der Waals surface area contributed by atoms with Crippen molar-refractivity contribution in [2.45, 2.75) is 58.1 Å². The number of hydrogen-bond acceptors (Lipinski definition) is 5. The number of anilines is 1. The van der Waals surface area contributed by atoms with Gasteiger partial charge in [0.1, 0.15) is 11.5 Å². The van der Waals surface area contributed by atoms with E-state index in [-0.39, 0.29) is 22.5 Å². The molecule has 0 bridgehead atoms. The van der Waals surface area contributed by atoms with E-state index in [0.717, 1.165) is 11.1 Å². The van der Waals surface area contributed by atoms with Gasteiger partial charge in [0.15, 0.2) is 6.10 Å². The highest BCUT2D eigenvalue weighted by molar-refractivity contribution is 7.89. The monoisotopic (exact) mass is 434 g/mol. The predicted molar refractivity (Wildman–Crippen MR) is 118 cm³/mol. The third kappa shape index (κ3) is 5.96. The Morgan fingerprint density at radius 1 is 1.07 bits per heavy atom. The van der Waals surface area contributed by atoms with Crippen molar-refractivity contribution in [3.8, 4) is 11.5 Å². The van der Waals surface area contributed by atoms with E-state index in [0.29, 0.717) is 17.9 Å². The number of aryl methyl sites for hydroxylation is 2. The fourth-order valence-electron chi connectivity index (χ4n) is 2.85. The minimum absolute atomic E-state index is 0.0378. The Bertz CT molecular complexity index is 1000. The van der Waals surface area contributed by atoms with E-state index in [1.165, 1.54) is 25.3 Å². The summed E-state index contributed by atoms with van der Waals surface area (Å²) < 4.78 is 38.7. The molecule has 0 aliphatic rings. The maximum absolute atomic E-state index is 12.9. The molecular formula is C22H30N2O5S. The van der Waals surface area contributed by atoms with Crippen LogP contribution in [0.25, 0.3) is 0 Å². The van der Waals surface area contributed by atoms with Crippen LogP contribution in [0.5, 0.6) is 11.5 Å². The molecule has 2 rings (SSSR count). The summed E-state index contributed by atoms with van der Waals surface area (Å²) >= 11 is 0. The van der Waals surface area contributed by atoms with Crippen molar-refractivity contribution < 1.29 is 22.7 Å². The largest absolute Gasteiger partial charge is 0.495 e. The Balaban J connectivity index is 2.29. The van der Waals surface area contributed by atoms with Crippen molar-refractivity contribution in [2.75, 3.05) is 12.4 Å². The molecule has 0 aliphatic heterocycles. The zero-order valence-electron chi connectivity index (χ0n) is 18.3. The summed E-state index contributed by atoms with van der Waals surface area (Å²) in [5.41, 5.74) is 2.22. The van der Waals surface area contributed by atoms with Crippen LogP contribution in [-0.2, 0) is 14.8 Å². The molecule has 0 fully saturated rings. The molecule has 0 saturated heterocycles. The average Bonchev–Trinajstić information content (AvgIpc) is 2.67. The van der Waals surface area contributed by atoms with E-state index >= 15 is 0 Å². The van der Waals surface area contributed by atoms with E-state index in [4.69, 9.17) is 9.47 Å². The van der Waals surface area contributed by atoms with E-state index in [9.17, 15) is 13.2 Å². The molecule has 0 aromatic heterocycles. The average molecular weight is 435 g/mol. The van der Waals surface area contributed by atoms with Crippen LogP contribution >= 0.6 is 0 Å². The quantitative estimate of drug-likeness (QED) is 0.626. The normalized spacial score (nSPS) is 12.5. The third-order valence-corrected chi connectivity index (χ3v) is 6.06. The van der Waals surface area contributed by atoms with Gasteiger partial charge in [0.2, 0.25) is 10.0 Å². The summed E-state index contributed by atoms with van der Waals surface area (Å²) in [7, 11) is -2.26. The van der Waals surface area contributed by atoms with Crippen LogP contribution in [-0.4, -0.2) is 33.6 Å². The molecule has 30 heavy (non-hydrogen) atoms. The van der Waals surface area contributed by atoms with Gasteiger partial charge in [0, 0.05) is 6.04 Å². The molecule has 1 atom stereocenters. The summed E-state index contributed by atoms with van der Waals surface area (Å²) in [6.45, 7) is 9.19.